The first kappa shape index (κ1) is 15.6. The Kier molecular flexibility index (Phi) is 5.19. The molecule has 3 amide bonds. The molecule has 2 rings (SSSR count). The number of hydrogen-bond donors (Lipinski definition) is 3. The summed E-state index contributed by atoms with van der Waals surface area (Å²) in [5, 5.41) is 5.39. The molecule has 0 aliphatic heterocycles. The fourth-order valence-electron chi connectivity index (χ4n) is 2.16. The first-order valence-electron chi connectivity index (χ1n) is 6.95. The lowest BCUT2D eigenvalue weighted by Crippen LogP contribution is -2.36. The molecule has 6 nitrogen and oxygen atoms in total. The standard InChI is InChI=1S/C16H19N3O3/c1-11-3-2-4-13(7-11)14(19-16(17)21)8-15(20)18-9-12-5-6-22-10-12/h2-7,10,14H,8-9H2,1H3,(H,18,20)(H3,17,19,21)/t14-/m1/s1. The average molecular weight is 301 g/mol. The lowest BCUT2D eigenvalue weighted by Gasteiger charge is -2.18. The number of nitrogens with two attached hydrogens (primary N) is 1. The Hall–Kier alpha value is -2.76. The van der Waals surface area contributed by atoms with Gasteiger partial charge in [-0.15, -0.1) is 0 Å². The van der Waals surface area contributed by atoms with Crippen molar-refractivity contribution in [1.82, 2.24) is 10.6 Å². The van der Waals surface area contributed by atoms with E-state index in [9.17, 15) is 9.59 Å². The summed E-state index contributed by atoms with van der Waals surface area (Å²) in [4.78, 5) is 23.2. The number of carbonyl (C=O) groups excluding carboxylic acids is 2. The third-order valence-corrected chi connectivity index (χ3v) is 3.22. The van der Waals surface area contributed by atoms with E-state index in [-0.39, 0.29) is 12.3 Å². The molecular weight excluding hydrogens is 282 g/mol. The molecule has 0 radical (unpaired) electrons. The second-order valence-corrected chi connectivity index (χ2v) is 5.09. The summed E-state index contributed by atoms with van der Waals surface area (Å²) in [7, 11) is 0. The van der Waals surface area contributed by atoms with Crippen LogP contribution in [0.2, 0.25) is 0 Å². The number of amides is 3. The molecule has 0 spiro atoms. The number of hydrogen-bond acceptors (Lipinski definition) is 3. The highest BCUT2D eigenvalue weighted by Crippen LogP contribution is 2.18. The van der Waals surface area contributed by atoms with Crippen LogP contribution >= 0.6 is 0 Å². The Bertz CT molecular complexity index is 638. The van der Waals surface area contributed by atoms with Gasteiger partial charge in [-0.25, -0.2) is 4.79 Å². The summed E-state index contributed by atoms with van der Waals surface area (Å²) < 4.78 is 4.94. The van der Waals surface area contributed by atoms with Gasteiger partial charge < -0.3 is 20.8 Å². The third-order valence-electron chi connectivity index (χ3n) is 3.22. The molecule has 1 aromatic heterocycles. The van der Waals surface area contributed by atoms with Crippen molar-refractivity contribution in [2.45, 2.75) is 25.9 Å². The minimum atomic E-state index is -0.658. The molecule has 0 aliphatic rings. The maximum absolute atomic E-state index is 12.1. The van der Waals surface area contributed by atoms with Crippen molar-refractivity contribution in [1.29, 1.82) is 0 Å². The van der Waals surface area contributed by atoms with Crippen LogP contribution in [0.25, 0.3) is 0 Å². The molecule has 2 aromatic rings. The average Bonchev–Trinajstić information content (AvgIpc) is 2.97. The lowest BCUT2D eigenvalue weighted by atomic mass is 10.0. The van der Waals surface area contributed by atoms with E-state index >= 15 is 0 Å². The van der Waals surface area contributed by atoms with Crippen LogP contribution < -0.4 is 16.4 Å². The summed E-state index contributed by atoms with van der Waals surface area (Å²) >= 11 is 0. The Morgan fingerprint density at radius 1 is 1.32 bits per heavy atom. The van der Waals surface area contributed by atoms with Crippen LogP contribution in [0.3, 0.4) is 0 Å². The van der Waals surface area contributed by atoms with Crippen molar-refractivity contribution >= 4 is 11.9 Å². The van der Waals surface area contributed by atoms with E-state index in [1.165, 1.54) is 0 Å². The molecule has 1 aromatic carbocycles. The van der Waals surface area contributed by atoms with Crippen molar-refractivity contribution < 1.29 is 14.0 Å². The minimum Gasteiger partial charge on any atom is -0.472 e. The molecule has 0 unspecified atom stereocenters. The largest absolute Gasteiger partial charge is 0.472 e. The quantitative estimate of drug-likeness (QED) is 0.761. The van der Waals surface area contributed by atoms with Crippen molar-refractivity contribution in [3.63, 3.8) is 0 Å². The summed E-state index contributed by atoms with van der Waals surface area (Å²) in [5.41, 5.74) is 7.97. The van der Waals surface area contributed by atoms with Crippen LogP contribution in [0.1, 0.15) is 29.2 Å². The number of benzene rings is 1. The van der Waals surface area contributed by atoms with E-state index in [1.807, 2.05) is 31.2 Å². The van der Waals surface area contributed by atoms with Crippen LogP contribution in [-0.2, 0) is 11.3 Å². The zero-order valence-corrected chi connectivity index (χ0v) is 12.3. The van der Waals surface area contributed by atoms with E-state index < -0.39 is 12.1 Å². The highest BCUT2D eigenvalue weighted by Gasteiger charge is 2.17. The van der Waals surface area contributed by atoms with Crippen LogP contribution in [0.15, 0.2) is 47.3 Å². The zero-order chi connectivity index (χ0) is 15.9. The number of carbonyl (C=O) groups is 2. The van der Waals surface area contributed by atoms with Gasteiger partial charge in [0.1, 0.15) is 0 Å². The molecule has 1 heterocycles. The third kappa shape index (κ3) is 4.66. The summed E-state index contributed by atoms with van der Waals surface area (Å²) in [5.74, 6) is -0.179. The van der Waals surface area contributed by atoms with E-state index in [1.54, 1.807) is 18.6 Å². The van der Waals surface area contributed by atoms with E-state index in [0.29, 0.717) is 6.54 Å². The Balaban J connectivity index is 1.99. The first-order chi connectivity index (χ1) is 10.5. The molecule has 116 valence electrons. The van der Waals surface area contributed by atoms with Crippen LogP contribution in [0, 0.1) is 6.92 Å². The predicted molar refractivity (Wildman–Crippen MR) is 81.8 cm³/mol. The van der Waals surface area contributed by atoms with E-state index in [4.69, 9.17) is 10.2 Å². The predicted octanol–water partition coefficient (Wildman–Crippen LogP) is 2.00. The van der Waals surface area contributed by atoms with Crippen molar-refractivity contribution in [3.05, 3.63) is 59.5 Å². The second kappa shape index (κ2) is 7.31. The molecule has 22 heavy (non-hydrogen) atoms. The van der Waals surface area contributed by atoms with Gasteiger partial charge in [-0.1, -0.05) is 29.8 Å². The fourth-order valence-corrected chi connectivity index (χ4v) is 2.16. The molecule has 0 fully saturated rings. The SMILES string of the molecule is Cc1cccc([C@@H](CC(=O)NCc2ccoc2)NC(N)=O)c1. The van der Waals surface area contributed by atoms with Crippen LogP contribution in [0.4, 0.5) is 4.79 Å². The van der Waals surface area contributed by atoms with Crippen LogP contribution in [0.5, 0.6) is 0 Å². The first-order valence-corrected chi connectivity index (χ1v) is 6.95. The lowest BCUT2D eigenvalue weighted by molar-refractivity contribution is -0.121. The number of nitrogens with one attached hydrogen (secondary N) is 2. The molecule has 0 bridgehead atoms. The molecule has 6 heteroatoms. The summed E-state index contributed by atoms with van der Waals surface area (Å²) in [6, 6.07) is 8.27. The number of urea groups is 1. The molecule has 1 atom stereocenters. The maximum atomic E-state index is 12.1. The van der Waals surface area contributed by atoms with Gasteiger partial charge in [0, 0.05) is 12.1 Å². The van der Waals surface area contributed by atoms with Gasteiger partial charge in [0.15, 0.2) is 0 Å². The summed E-state index contributed by atoms with van der Waals surface area (Å²) in [6.07, 6.45) is 3.23. The van der Waals surface area contributed by atoms with Gasteiger partial charge in [-0.3, -0.25) is 4.79 Å². The zero-order valence-electron chi connectivity index (χ0n) is 12.3. The Labute approximate surface area is 128 Å². The van der Waals surface area contributed by atoms with E-state index in [2.05, 4.69) is 10.6 Å². The van der Waals surface area contributed by atoms with Gasteiger partial charge in [0.2, 0.25) is 5.91 Å². The molecule has 0 saturated carbocycles. The van der Waals surface area contributed by atoms with Crippen LogP contribution in [-0.4, -0.2) is 11.9 Å². The molecule has 0 saturated heterocycles. The van der Waals surface area contributed by atoms with Crippen molar-refractivity contribution in [2.24, 2.45) is 5.73 Å². The minimum absolute atomic E-state index is 0.115. The number of aryl methyl sites for hydroxylation is 1. The number of rotatable bonds is 6. The van der Waals surface area contributed by atoms with Gasteiger partial charge in [0.25, 0.3) is 0 Å². The summed E-state index contributed by atoms with van der Waals surface area (Å²) in [6.45, 7) is 2.33. The van der Waals surface area contributed by atoms with Gasteiger partial charge in [-0.05, 0) is 18.6 Å². The molecule has 0 aliphatic carbocycles. The van der Waals surface area contributed by atoms with Gasteiger partial charge >= 0.3 is 6.03 Å². The molecular formula is C16H19N3O3. The number of primary amides is 1. The Morgan fingerprint density at radius 2 is 2.14 bits per heavy atom. The van der Waals surface area contributed by atoms with Crippen molar-refractivity contribution in [3.8, 4) is 0 Å². The topological polar surface area (TPSA) is 97.4 Å². The number of furan rings is 1. The second-order valence-electron chi connectivity index (χ2n) is 5.09. The highest BCUT2D eigenvalue weighted by molar-refractivity contribution is 5.78. The fraction of sp³-hybridized carbons (Fsp3) is 0.250. The molecule has 4 N–H and O–H groups in total. The van der Waals surface area contributed by atoms with Gasteiger partial charge in [-0.2, -0.15) is 0 Å². The maximum Gasteiger partial charge on any atom is 0.312 e. The normalized spacial score (nSPS) is 11.7. The van der Waals surface area contributed by atoms with Gasteiger partial charge in [0.05, 0.1) is 25.0 Å². The smallest absolute Gasteiger partial charge is 0.312 e. The highest BCUT2D eigenvalue weighted by atomic mass is 16.3. The van der Waals surface area contributed by atoms with Crippen molar-refractivity contribution in [2.75, 3.05) is 0 Å². The Morgan fingerprint density at radius 3 is 2.77 bits per heavy atom. The van der Waals surface area contributed by atoms with E-state index in [0.717, 1.165) is 16.7 Å². The monoisotopic (exact) mass is 301 g/mol.